The number of halogens is 1. The molecule has 0 aliphatic heterocycles. The Balaban J connectivity index is 1.96. The lowest BCUT2D eigenvalue weighted by Crippen LogP contribution is -1.97. The van der Waals surface area contributed by atoms with Gasteiger partial charge >= 0.3 is 0 Å². The van der Waals surface area contributed by atoms with Crippen molar-refractivity contribution >= 4 is 21.7 Å². The van der Waals surface area contributed by atoms with E-state index in [0.29, 0.717) is 12.4 Å². The number of nitrogen functional groups attached to an aromatic ring is 1. The number of aromatic amines is 1. The van der Waals surface area contributed by atoms with Gasteiger partial charge in [-0.1, -0.05) is 15.9 Å². The van der Waals surface area contributed by atoms with Gasteiger partial charge in [-0.05, 0) is 24.3 Å². The second-order valence-corrected chi connectivity index (χ2v) is 3.94. The molecule has 0 aliphatic carbocycles. The van der Waals surface area contributed by atoms with Gasteiger partial charge in [0.15, 0.2) is 0 Å². The summed E-state index contributed by atoms with van der Waals surface area (Å²) in [4.78, 5) is 6.92. The van der Waals surface area contributed by atoms with Gasteiger partial charge in [-0.15, -0.1) is 0 Å². The fourth-order valence-electron chi connectivity index (χ4n) is 1.13. The highest BCUT2D eigenvalue weighted by Crippen LogP contribution is 2.16. The summed E-state index contributed by atoms with van der Waals surface area (Å²) in [5.74, 6) is 2.06. The molecular formula is C10H10BrN3O. The molecule has 2 rings (SSSR count). The average Bonchev–Trinajstić information content (AvgIpc) is 2.64. The van der Waals surface area contributed by atoms with E-state index in [0.717, 1.165) is 16.0 Å². The van der Waals surface area contributed by atoms with Crippen molar-refractivity contribution in [2.45, 2.75) is 6.61 Å². The Morgan fingerprint density at radius 3 is 2.67 bits per heavy atom. The maximum atomic E-state index is 5.49. The van der Waals surface area contributed by atoms with Gasteiger partial charge in [0, 0.05) is 4.47 Å². The zero-order chi connectivity index (χ0) is 10.7. The summed E-state index contributed by atoms with van der Waals surface area (Å²) < 4.78 is 6.52. The molecule has 1 aromatic carbocycles. The zero-order valence-electron chi connectivity index (χ0n) is 7.90. The van der Waals surface area contributed by atoms with Crippen LogP contribution in [0.2, 0.25) is 0 Å². The number of rotatable bonds is 3. The molecule has 0 saturated heterocycles. The van der Waals surface area contributed by atoms with Crippen molar-refractivity contribution in [2.75, 3.05) is 5.73 Å². The summed E-state index contributed by atoms with van der Waals surface area (Å²) in [6.07, 6.45) is 1.57. The van der Waals surface area contributed by atoms with Crippen molar-refractivity contribution in [2.24, 2.45) is 0 Å². The largest absolute Gasteiger partial charge is 0.486 e. The predicted molar refractivity (Wildman–Crippen MR) is 61.5 cm³/mol. The molecule has 0 saturated carbocycles. The van der Waals surface area contributed by atoms with Crippen molar-refractivity contribution in [1.82, 2.24) is 9.97 Å². The minimum absolute atomic E-state index is 0.388. The molecule has 1 heterocycles. The van der Waals surface area contributed by atoms with Gasteiger partial charge in [0.2, 0.25) is 0 Å². The van der Waals surface area contributed by atoms with Crippen LogP contribution in [-0.2, 0) is 6.61 Å². The number of hydrogen-bond donors (Lipinski definition) is 2. The Morgan fingerprint density at radius 1 is 1.33 bits per heavy atom. The summed E-state index contributed by atoms with van der Waals surface area (Å²) in [7, 11) is 0. The third-order valence-corrected chi connectivity index (χ3v) is 2.37. The number of nitrogens with zero attached hydrogens (tertiary/aromatic N) is 1. The fraction of sp³-hybridized carbons (Fsp3) is 0.100. The van der Waals surface area contributed by atoms with Crippen LogP contribution in [0, 0.1) is 0 Å². The lowest BCUT2D eigenvalue weighted by molar-refractivity contribution is 0.297. The van der Waals surface area contributed by atoms with Gasteiger partial charge in [-0.2, -0.15) is 0 Å². The third kappa shape index (κ3) is 2.73. The maximum absolute atomic E-state index is 5.49. The average molecular weight is 268 g/mol. The standard InChI is InChI=1S/C10H10BrN3O/c11-7-1-3-8(4-2-7)15-6-10-13-5-9(12)14-10/h1-5H,6,12H2,(H,13,14). The SMILES string of the molecule is Nc1cnc(COc2ccc(Br)cc2)[nH]1. The first-order chi connectivity index (χ1) is 7.24. The lowest BCUT2D eigenvalue weighted by Gasteiger charge is -2.03. The van der Waals surface area contributed by atoms with E-state index in [1.165, 1.54) is 0 Å². The Bertz CT molecular complexity index is 438. The van der Waals surface area contributed by atoms with Crippen molar-refractivity contribution in [3.8, 4) is 5.75 Å². The molecule has 78 valence electrons. The van der Waals surface area contributed by atoms with E-state index in [-0.39, 0.29) is 0 Å². The number of imidazole rings is 1. The highest BCUT2D eigenvalue weighted by atomic mass is 79.9. The summed E-state index contributed by atoms with van der Waals surface area (Å²) in [6.45, 7) is 0.388. The quantitative estimate of drug-likeness (QED) is 0.897. The van der Waals surface area contributed by atoms with Gasteiger partial charge in [-0.3, -0.25) is 0 Å². The molecule has 0 bridgehead atoms. The van der Waals surface area contributed by atoms with Crippen LogP contribution in [0.3, 0.4) is 0 Å². The van der Waals surface area contributed by atoms with Gasteiger partial charge < -0.3 is 15.5 Å². The molecule has 0 spiro atoms. The van der Waals surface area contributed by atoms with Crippen LogP contribution in [-0.4, -0.2) is 9.97 Å². The molecule has 5 heteroatoms. The van der Waals surface area contributed by atoms with Crippen LogP contribution < -0.4 is 10.5 Å². The number of nitrogens with two attached hydrogens (primary N) is 1. The molecule has 0 aliphatic rings. The first-order valence-electron chi connectivity index (χ1n) is 4.42. The lowest BCUT2D eigenvalue weighted by atomic mass is 10.3. The normalized spacial score (nSPS) is 10.2. The number of benzene rings is 1. The third-order valence-electron chi connectivity index (χ3n) is 1.84. The first kappa shape index (κ1) is 10.0. The monoisotopic (exact) mass is 267 g/mol. The van der Waals surface area contributed by atoms with E-state index in [2.05, 4.69) is 25.9 Å². The topological polar surface area (TPSA) is 63.9 Å². The van der Waals surface area contributed by atoms with E-state index in [4.69, 9.17) is 10.5 Å². The van der Waals surface area contributed by atoms with Crippen LogP contribution in [0.1, 0.15) is 5.82 Å². The zero-order valence-corrected chi connectivity index (χ0v) is 9.49. The number of nitrogens with one attached hydrogen (secondary N) is 1. The first-order valence-corrected chi connectivity index (χ1v) is 5.21. The smallest absolute Gasteiger partial charge is 0.146 e. The number of anilines is 1. The van der Waals surface area contributed by atoms with Crippen LogP contribution in [0.15, 0.2) is 34.9 Å². The summed E-state index contributed by atoms with van der Waals surface area (Å²) in [6, 6.07) is 7.62. The highest BCUT2D eigenvalue weighted by molar-refractivity contribution is 9.10. The van der Waals surface area contributed by atoms with Crippen LogP contribution >= 0.6 is 15.9 Å². The number of ether oxygens (including phenoxy) is 1. The van der Waals surface area contributed by atoms with E-state index in [1.807, 2.05) is 24.3 Å². The second kappa shape index (κ2) is 4.35. The van der Waals surface area contributed by atoms with Crippen molar-refractivity contribution < 1.29 is 4.74 Å². The molecule has 0 atom stereocenters. The minimum Gasteiger partial charge on any atom is -0.486 e. The van der Waals surface area contributed by atoms with E-state index < -0.39 is 0 Å². The van der Waals surface area contributed by atoms with Crippen molar-refractivity contribution in [1.29, 1.82) is 0 Å². The van der Waals surface area contributed by atoms with Gasteiger partial charge in [0.25, 0.3) is 0 Å². The fourth-order valence-corrected chi connectivity index (χ4v) is 1.40. The number of hydrogen-bond acceptors (Lipinski definition) is 3. The highest BCUT2D eigenvalue weighted by Gasteiger charge is 1.99. The second-order valence-electron chi connectivity index (χ2n) is 3.03. The molecule has 0 unspecified atom stereocenters. The molecule has 0 radical (unpaired) electrons. The molecule has 15 heavy (non-hydrogen) atoms. The molecule has 0 amide bonds. The van der Waals surface area contributed by atoms with Gasteiger partial charge in [0.05, 0.1) is 6.20 Å². The molecular weight excluding hydrogens is 258 g/mol. The van der Waals surface area contributed by atoms with E-state index in [1.54, 1.807) is 6.20 Å². The Morgan fingerprint density at radius 2 is 2.07 bits per heavy atom. The molecule has 4 nitrogen and oxygen atoms in total. The molecule has 3 N–H and O–H groups in total. The molecule has 0 fully saturated rings. The van der Waals surface area contributed by atoms with Crippen LogP contribution in [0.4, 0.5) is 5.82 Å². The summed E-state index contributed by atoms with van der Waals surface area (Å²) >= 11 is 3.35. The Labute approximate surface area is 95.6 Å². The predicted octanol–water partition coefficient (Wildman–Crippen LogP) is 2.33. The van der Waals surface area contributed by atoms with E-state index in [9.17, 15) is 0 Å². The van der Waals surface area contributed by atoms with E-state index >= 15 is 0 Å². The number of H-pyrrole nitrogens is 1. The maximum Gasteiger partial charge on any atom is 0.146 e. The molecule has 2 aromatic rings. The van der Waals surface area contributed by atoms with Crippen molar-refractivity contribution in [3.63, 3.8) is 0 Å². The van der Waals surface area contributed by atoms with Crippen molar-refractivity contribution in [3.05, 3.63) is 40.8 Å². The minimum atomic E-state index is 0.388. The number of aromatic nitrogens is 2. The van der Waals surface area contributed by atoms with Gasteiger partial charge in [0.1, 0.15) is 24.0 Å². The molecule has 1 aromatic heterocycles. The van der Waals surface area contributed by atoms with Crippen LogP contribution in [0.25, 0.3) is 0 Å². The summed E-state index contributed by atoms with van der Waals surface area (Å²) in [5, 5.41) is 0. The Hall–Kier alpha value is -1.49. The Kier molecular flexibility index (Phi) is 2.91. The van der Waals surface area contributed by atoms with Crippen LogP contribution in [0.5, 0.6) is 5.75 Å². The van der Waals surface area contributed by atoms with Gasteiger partial charge in [-0.25, -0.2) is 4.98 Å². The summed E-state index contributed by atoms with van der Waals surface area (Å²) in [5.41, 5.74) is 5.49.